The van der Waals surface area contributed by atoms with Gasteiger partial charge in [-0.3, -0.25) is 9.59 Å². The van der Waals surface area contributed by atoms with Crippen LogP contribution < -0.4 is 0 Å². The molecule has 8 heteroatoms. The second kappa shape index (κ2) is 9.17. The number of carboxylic acid groups (broad SMARTS) is 1. The highest BCUT2D eigenvalue weighted by Gasteiger charge is 2.31. The van der Waals surface area contributed by atoms with E-state index in [1.54, 1.807) is 4.90 Å². The highest BCUT2D eigenvalue weighted by Crippen LogP contribution is 2.21. The van der Waals surface area contributed by atoms with Crippen LogP contribution in [0.1, 0.15) is 30.7 Å². The Morgan fingerprint density at radius 1 is 1.28 bits per heavy atom. The van der Waals surface area contributed by atoms with Crippen LogP contribution in [0.5, 0.6) is 0 Å². The van der Waals surface area contributed by atoms with Gasteiger partial charge in [0, 0.05) is 37.5 Å². The van der Waals surface area contributed by atoms with E-state index < -0.39 is 11.9 Å². The number of amides is 1. The van der Waals surface area contributed by atoms with E-state index >= 15 is 0 Å². The molecule has 3 rings (SSSR count). The molecule has 0 spiro atoms. The predicted molar refractivity (Wildman–Crippen MR) is 107 cm³/mol. The summed E-state index contributed by atoms with van der Waals surface area (Å²) in [5, 5.41) is 13.4. The number of hydrogen-bond acceptors (Lipinski definition) is 6. The minimum atomic E-state index is -0.845. The lowest BCUT2D eigenvalue weighted by Gasteiger charge is -2.28. The summed E-state index contributed by atoms with van der Waals surface area (Å²) < 4.78 is 5.31. The smallest absolute Gasteiger partial charge is 0.308 e. The molecule has 0 radical (unpaired) electrons. The molecule has 0 bridgehead atoms. The molecule has 0 aliphatic carbocycles. The number of carbonyl (C=O) groups is 2. The number of carboxylic acids is 1. The number of carbonyl (C=O) groups excluding carboxylic acids is 1. The van der Waals surface area contributed by atoms with Crippen molar-refractivity contribution in [1.29, 1.82) is 0 Å². The van der Waals surface area contributed by atoms with Crippen molar-refractivity contribution in [1.82, 2.24) is 19.9 Å². The van der Waals surface area contributed by atoms with Crippen molar-refractivity contribution in [2.45, 2.75) is 38.6 Å². The van der Waals surface area contributed by atoms with Crippen LogP contribution in [0.2, 0.25) is 0 Å². The van der Waals surface area contributed by atoms with Crippen molar-refractivity contribution in [3.05, 3.63) is 35.7 Å². The average molecular weight is 400 g/mol. The molecule has 1 amide bonds. The fourth-order valence-corrected chi connectivity index (χ4v) is 3.63. The first-order valence-corrected chi connectivity index (χ1v) is 9.90. The zero-order valence-corrected chi connectivity index (χ0v) is 17.2. The molecule has 1 N–H and O–H groups in total. The van der Waals surface area contributed by atoms with E-state index in [4.69, 9.17) is 4.52 Å². The van der Waals surface area contributed by atoms with Gasteiger partial charge in [-0.15, -0.1) is 0 Å². The summed E-state index contributed by atoms with van der Waals surface area (Å²) in [6.45, 7) is 2.78. The van der Waals surface area contributed by atoms with Crippen LogP contribution in [0, 0.1) is 12.8 Å². The molecule has 2 atom stereocenters. The van der Waals surface area contributed by atoms with Crippen LogP contribution in [0.25, 0.3) is 11.4 Å². The third-order valence-electron chi connectivity index (χ3n) is 5.45. The average Bonchev–Trinajstić information content (AvgIpc) is 3.03. The Labute approximate surface area is 170 Å². The lowest BCUT2D eigenvalue weighted by molar-refractivity contribution is -0.143. The van der Waals surface area contributed by atoms with Crippen LogP contribution in [0.4, 0.5) is 0 Å². The number of aliphatic carboxylic acids is 1. The molecule has 156 valence electrons. The number of aromatic nitrogens is 2. The first kappa shape index (κ1) is 21.0. The fraction of sp³-hybridized carbons (Fsp3) is 0.524. The van der Waals surface area contributed by atoms with Crippen molar-refractivity contribution >= 4 is 11.9 Å². The van der Waals surface area contributed by atoms with Crippen LogP contribution in [0.15, 0.2) is 28.8 Å². The maximum Gasteiger partial charge on any atom is 0.308 e. The van der Waals surface area contributed by atoms with Gasteiger partial charge in [0.2, 0.25) is 17.6 Å². The van der Waals surface area contributed by atoms with E-state index in [9.17, 15) is 14.7 Å². The monoisotopic (exact) mass is 400 g/mol. The minimum absolute atomic E-state index is 0.0831. The number of likely N-dealkylation sites (tertiary alicyclic amines) is 1. The van der Waals surface area contributed by atoms with Crippen molar-refractivity contribution in [2.24, 2.45) is 5.92 Å². The summed E-state index contributed by atoms with van der Waals surface area (Å²) in [7, 11) is 3.92. The SMILES string of the molecule is Cc1cccc(-c2noc(CCC(=O)N3C[C@@H](C(=O)O)CC[C@@H](N(C)C)C3)n2)c1. The number of aryl methyl sites for hydroxylation is 2. The minimum Gasteiger partial charge on any atom is -0.481 e. The van der Waals surface area contributed by atoms with Gasteiger partial charge in [0.15, 0.2) is 0 Å². The normalized spacial score (nSPS) is 19.9. The molecular formula is C21H28N4O4. The summed E-state index contributed by atoms with van der Waals surface area (Å²) in [6.07, 6.45) is 1.88. The van der Waals surface area contributed by atoms with E-state index in [1.807, 2.05) is 45.3 Å². The first-order valence-electron chi connectivity index (χ1n) is 9.90. The topological polar surface area (TPSA) is 99.8 Å². The largest absolute Gasteiger partial charge is 0.481 e. The Kier molecular flexibility index (Phi) is 6.64. The van der Waals surface area contributed by atoms with Gasteiger partial charge in [0.05, 0.1) is 5.92 Å². The molecule has 2 aromatic rings. The van der Waals surface area contributed by atoms with Crippen molar-refractivity contribution in [3.8, 4) is 11.4 Å². The zero-order chi connectivity index (χ0) is 21.0. The van der Waals surface area contributed by atoms with Gasteiger partial charge in [-0.25, -0.2) is 0 Å². The number of benzene rings is 1. The molecule has 1 aromatic heterocycles. The Morgan fingerprint density at radius 2 is 2.07 bits per heavy atom. The fourth-order valence-electron chi connectivity index (χ4n) is 3.63. The molecule has 29 heavy (non-hydrogen) atoms. The second-order valence-corrected chi connectivity index (χ2v) is 7.91. The van der Waals surface area contributed by atoms with E-state index in [0.717, 1.165) is 17.5 Å². The van der Waals surface area contributed by atoms with Crippen LogP contribution in [-0.2, 0) is 16.0 Å². The maximum absolute atomic E-state index is 12.8. The molecule has 0 unspecified atom stereocenters. The highest BCUT2D eigenvalue weighted by atomic mass is 16.5. The van der Waals surface area contributed by atoms with Gasteiger partial charge >= 0.3 is 5.97 Å². The van der Waals surface area contributed by atoms with Crippen molar-refractivity contribution in [3.63, 3.8) is 0 Å². The lowest BCUT2D eigenvalue weighted by Crippen LogP contribution is -2.43. The summed E-state index contributed by atoms with van der Waals surface area (Å²) in [4.78, 5) is 32.4. The van der Waals surface area contributed by atoms with Crippen LogP contribution in [0.3, 0.4) is 0 Å². The van der Waals surface area contributed by atoms with Gasteiger partial charge in [-0.2, -0.15) is 4.98 Å². The standard InChI is InChI=1S/C21H28N4O4/c1-14-5-4-6-15(11-14)20-22-18(29-23-20)9-10-19(26)25-12-16(21(27)28)7-8-17(13-25)24(2)3/h4-6,11,16-17H,7-10,12-13H2,1-3H3,(H,27,28)/t16-,17+/m0/s1. The maximum atomic E-state index is 12.8. The van der Waals surface area contributed by atoms with Crippen molar-refractivity contribution in [2.75, 3.05) is 27.2 Å². The molecule has 1 aromatic carbocycles. The molecular weight excluding hydrogens is 372 g/mol. The molecule has 8 nitrogen and oxygen atoms in total. The number of rotatable bonds is 6. The van der Waals surface area contributed by atoms with Gasteiger partial charge in [-0.05, 0) is 39.9 Å². The second-order valence-electron chi connectivity index (χ2n) is 7.91. The summed E-state index contributed by atoms with van der Waals surface area (Å²) in [6, 6.07) is 7.97. The first-order chi connectivity index (χ1) is 13.8. The van der Waals surface area contributed by atoms with E-state index in [2.05, 4.69) is 15.0 Å². The summed E-state index contributed by atoms with van der Waals surface area (Å²) in [5.41, 5.74) is 1.98. The molecule has 0 saturated carbocycles. The highest BCUT2D eigenvalue weighted by molar-refractivity contribution is 5.78. The number of likely N-dealkylation sites (N-methyl/N-ethyl adjacent to an activating group) is 1. The molecule has 1 saturated heterocycles. The Hall–Kier alpha value is -2.74. The summed E-state index contributed by atoms with van der Waals surface area (Å²) >= 11 is 0. The Balaban J connectivity index is 1.63. The third kappa shape index (κ3) is 5.41. The Bertz CT molecular complexity index is 864. The van der Waals surface area contributed by atoms with Crippen LogP contribution in [-0.4, -0.2) is 70.2 Å². The molecule has 1 aliphatic rings. The van der Waals surface area contributed by atoms with Gasteiger partial charge < -0.3 is 19.4 Å². The zero-order valence-electron chi connectivity index (χ0n) is 17.2. The molecule has 1 aliphatic heterocycles. The molecule has 2 heterocycles. The quantitative estimate of drug-likeness (QED) is 0.794. The number of nitrogens with zero attached hydrogens (tertiary/aromatic N) is 4. The van der Waals surface area contributed by atoms with Gasteiger partial charge in [-0.1, -0.05) is 28.9 Å². The summed E-state index contributed by atoms with van der Waals surface area (Å²) in [5.74, 6) is -0.546. The van der Waals surface area contributed by atoms with Crippen LogP contribution >= 0.6 is 0 Å². The number of hydrogen-bond donors (Lipinski definition) is 1. The Morgan fingerprint density at radius 3 is 2.76 bits per heavy atom. The van der Waals surface area contributed by atoms with E-state index in [0.29, 0.717) is 31.1 Å². The van der Waals surface area contributed by atoms with Gasteiger partial charge in [0.1, 0.15) is 0 Å². The van der Waals surface area contributed by atoms with Gasteiger partial charge in [0.25, 0.3) is 0 Å². The van der Waals surface area contributed by atoms with E-state index in [1.165, 1.54) is 0 Å². The lowest BCUT2D eigenvalue weighted by atomic mass is 10.0. The molecule has 1 fully saturated rings. The third-order valence-corrected chi connectivity index (χ3v) is 5.45. The van der Waals surface area contributed by atoms with E-state index in [-0.39, 0.29) is 24.9 Å². The predicted octanol–water partition coefficient (Wildman–Crippen LogP) is 2.23. The van der Waals surface area contributed by atoms with Crippen molar-refractivity contribution < 1.29 is 19.2 Å².